The molecule has 1 aromatic heterocycles. The molecule has 3 rings (SSSR count). The summed E-state index contributed by atoms with van der Waals surface area (Å²) in [6.45, 7) is 3.50. The Morgan fingerprint density at radius 3 is 3.15 bits per heavy atom. The molecule has 1 aliphatic heterocycles. The lowest BCUT2D eigenvalue weighted by atomic mass is 10.1. The molecule has 0 unspecified atom stereocenters. The van der Waals surface area contributed by atoms with Crippen LogP contribution < -0.4 is 10.1 Å². The lowest BCUT2D eigenvalue weighted by Gasteiger charge is -2.16. The number of fused-ring (bicyclic) bond motifs is 1. The number of hydrogen-bond donors (Lipinski definition) is 1. The van der Waals surface area contributed by atoms with Gasteiger partial charge in [0.1, 0.15) is 5.56 Å². The number of aryl methyl sites for hydroxylation is 2. The maximum atomic E-state index is 12.4. The van der Waals surface area contributed by atoms with E-state index in [0.29, 0.717) is 18.1 Å². The number of benzene rings is 1. The highest BCUT2D eigenvalue weighted by Crippen LogP contribution is 2.24. The number of nitrogens with one attached hydrogen (secondary N) is 1. The average molecular weight is 271 g/mol. The van der Waals surface area contributed by atoms with E-state index in [2.05, 4.69) is 17.3 Å². The van der Waals surface area contributed by atoms with E-state index in [0.717, 1.165) is 30.6 Å². The highest BCUT2D eigenvalue weighted by atomic mass is 16.5. The Bertz CT molecular complexity index is 634. The SMILES string of the molecule is CCc1ccccc1NC(=O)c1cnn2c1OCCC2. The summed E-state index contributed by atoms with van der Waals surface area (Å²) in [5.41, 5.74) is 2.45. The van der Waals surface area contributed by atoms with Crippen LogP contribution in [0.4, 0.5) is 5.69 Å². The largest absolute Gasteiger partial charge is 0.477 e. The van der Waals surface area contributed by atoms with Gasteiger partial charge in [0.25, 0.3) is 5.91 Å². The van der Waals surface area contributed by atoms with Gasteiger partial charge in [-0.2, -0.15) is 5.10 Å². The molecule has 0 radical (unpaired) electrons. The predicted molar refractivity (Wildman–Crippen MR) is 76.1 cm³/mol. The number of carbonyl (C=O) groups excluding carboxylic acids is 1. The molecule has 0 atom stereocenters. The summed E-state index contributed by atoms with van der Waals surface area (Å²) in [5.74, 6) is 0.400. The highest BCUT2D eigenvalue weighted by Gasteiger charge is 2.21. The molecule has 1 N–H and O–H groups in total. The monoisotopic (exact) mass is 271 g/mol. The van der Waals surface area contributed by atoms with E-state index in [1.807, 2.05) is 24.3 Å². The Morgan fingerprint density at radius 2 is 2.30 bits per heavy atom. The topological polar surface area (TPSA) is 56.2 Å². The Hall–Kier alpha value is -2.30. The quantitative estimate of drug-likeness (QED) is 0.933. The fraction of sp³-hybridized carbons (Fsp3) is 0.333. The van der Waals surface area contributed by atoms with Crippen LogP contribution >= 0.6 is 0 Å². The molecule has 0 spiro atoms. The third kappa shape index (κ3) is 2.27. The first-order valence-corrected chi connectivity index (χ1v) is 6.87. The summed E-state index contributed by atoms with van der Waals surface area (Å²) in [5, 5.41) is 7.13. The number of aromatic nitrogens is 2. The van der Waals surface area contributed by atoms with Crippen molar-refractivity contribution in [1.29, 1.82) is 0 Å². The minimum absolute atomic E-state index is 0.172. The zero-order chi connectivity index (χ0) is 13.9. The molecule has 1 aliphatic rings. The van der Waals surface area contributed by atoms with Crippen LogP contribution in [0.15, 0.2) is 30.5 Å². The van der Waals surface area contributed by atoms with Gasteiger partial charge >= 0.3 is 0 Å². The van der Waals surface area contributed by atoms with Crippen molar-refractivity contribution in [3.05, 3.63) is 41.6 Å². The Balaban J connectivity index is 1.85. The van der Waals surface area contributed by atoms with E-state index in [-0.39, 0.29) is 5.91 Å². The van der Waals surface area contributed by atoms with Gasteiger partial charge in [0.05, 0.1) is 12.8 Å². The van der Waals surface area contributed by atoms with Crippen LogP contribution in [0, 0.1) is 0 Å². The van der Waals surface area contributed by atoms with Gasteiger partial charge in [0.2, 0.25) is 5.88 Å². The van der Waals surface area contributed by atoms with Crippen molar-refractivity contribution >= 4 is 11.6 Å². The van der Waals surface area contributed by atoms with Crippen LogP contribution in [0.5, 0.6) is 5.88 Å². The van der Waals surface area contributed by atoms with Crippen molar-refractivity contribution in [1.82, 2.24) is 9.78 Å². The number of para-hydroxylation sites is 1. The van der Waals surface area contributed by atoms with Gasteiger partial charge in [-0.05, 0) is 18.1 Å². The maximum absolute atomic E-state index is 12.4. The Labute approximate surface area is 117 Å². The van der Waals surface area contributed by atoms with Gasteiger partial charge in [0.15, 0.2) is 0 Å². The van der Waals surface area contributed by atoms with Crippen molar-refractivity contribution in [2.24, 2.45) is 0 Å². The van der Waals surface area contributed by atoms with Crippen molar-refractivity contribution in [2.75, 3.05) is 11.9 Å². The van der Waals surface area contributed by atoms with Crippen molar-refractivity contribution < 1.29 is 9.53 Å². The first-order valence-electron chi connectivity index (χ1n) is 6.87. The summed E-state index contributed by atoms with van der Waals surface area (Å²) in [4.78, 5) is 12.4. The Kier molecular flexibility index (Phi) is 3.41. The Morgan fingerprint density at radius 1 is 1.45 bits per heavy atom. The summed E-state index contributed by atoms with van der Waals surface area (Å²) in [7, 11) is 0. The standard InChI is InChI=1S/C15H17N3O2/c1-2-11-6-3-4-7-13(11)17-14(19)12-10-16-18-8-5-9-20-15(12)18/h3-4,6-7,10H,2,5,8-9H2,1H3,(H,17,19). The number of carbonyl (C=O) groups is 1. The molecule has 5 nitrogen and oxygen atoms in total. The predicted octanol–water partition coefficient (Wildman–Crippen LogP) is 2.48. The van der Waals surface area contributed by atoms with Crippen molar-refractivity contribution in [2.45, 2.75) is 26.3 Å². The molecule has 5 heteroatoms. The van der Waals surface area contributed by atoms with Gasteiger partial charge in [-0.25, -0.2) is 4.68 Å². The number of nitrogens with zero attached hydrogens (tertiary/aromatic N) is 2. The smallest absolute Gasteiger partial charge is 0.262 e. The third-order valence-corrected chi connectivity index (χ3v) is 3.44. The molecule has 0 fully saturated rings. The molecule has 0 saturated carbocycles. The summed E-state index contributed by atoms with van der Waals surface area (Å²) >= 11 is 0. The second-order valence-corrected chi connectivity index (χ2v) is 4.75. The molecule has 1 aromatic carbocycles. The molecule has 2 aromatic rings. The molecular formula is C15H17N3O2. The van der Waals surface area contributed by atoms with Crippen LogP contribution in [-0.4, -0.2) is 22.3 Å². The number of ether oxygens (including phenoxy) is 1. The number of amides is 1. The first-order chi connectivity index (χ1) is 9.79. The van der Waals surface area contributed by atoms with Gasteiger partial charge < -0.3 is 10.1 Å². The fourth-order valence-corrected chi connectivity index (χ4v) is 2.36. The van der Waals surface area contributed by atoms with E-state index >= 15 is 0 Å². The zero-order valence-electron chi connectivity index (χ0n) is 11.4. The van der Waals surface area contributed by atoms with E-state index in [9.17, 15) is 4.79 Å². The highest BCUT2D eigenvalue weighted by molar-refractivity contribution is 6.06. The molecular weight excluding hydrogens is 254 g/mol. The fourth-order valence-electron chi connectivity index (χ4n) is 2.36. The van der Waals surface area contributed by atoms with E-state index in [1.165, 1.54) is 0 Å². The molecule has 1 amide bonds. The average Bonchev–Trinajstić information content (AvgIpc) is 2.92. The summed E-state index contributed by atoms with van der Waals surface area (Å²) < 4.78 is 7.29. The zero-order valence-corrected chi connectivity index (χ0v) is 11.4. The molecule has 0 aliphatic carbocycles. The van der Waals surface area contributed by atoms with Crippen LogP contribution in [0.25, 0.3) is 0 Å². The summed E-state index contributed by atoms with van der Waals surface area (Å²) in [6.07, 6.45) is 3.37. The number of rotatable bonds is 3. The van der Waals surface area contributed by atoms with Crippen LogP contribution in [0.2, 0.25) is 0 Å². The van der Waals surface area contributed by atoms with Gasteiger partial charge in [-0.1, -0.05) is 25.1 Å². The first kappa shape index (κ1) is 12.7. The van der Waals surface area contributed by atoms with Crippen molar-refractivity contribution in [3.63, 3.8) is 0 Å². The van der Waals surface area contributed by atoms with E-state index in [1.54, 1.807) is 10.9 Å². The lowest BCUT2D eigenvalue weighted by molar-refractivity contribution is 0.102. The number of anilines is 1. The van der Waals surface area contributed by atoms with Crippen LogP contribution in [0.1, 0.15) is 29.3 Å². The third-order valence-electron chi connectivity index (χ3n) is 3.44. The second kappa shape index (κ2) is 5.36. The van der Waals surface area contributed by atoms with Crippen LogP contribution in [0.3, 0.4) is 0 Å². The lowest BCUT2D eigenvalue weighted by Crippen LogP contribution is -2.18. The van der Waals surface area contributed by atoms with Crippen LogP contribution in [-0.2, 0) is 13.0 Å². The van der Waals surface area contributed by atoms with E-state index < -0.39 is 0 Å². The minimum atomic E-state index is -0.172. The molecule has 104 valence electrons. The molecule has 2 heterocycles. The minimum Gasteiger partial charge on any atom is -0.477 e. The summed E-state index contributed by atoms with van der Waals surface area (Å²) in [6, 6.07) is 7.81. The number of hydrogen-bond acceptors (Lipinski definition) is 3. The van der Waals surface area contributed by atoms with E-state index in [4.69, 9.17) is 4.74 Å². The maximum Gasteiger partial charge on any atom is 0.262 e. The normalized spacial score (nSPS) is 13.4. The van der Waals surface area contributed by atoms with Gasteiger partial charge in [-0.3, -0.25) is 4.79 Å². The molecule has 0 saturated heterocycles. The van der Waals surface area contributed by atoms with Gasteiger partial charge in [-0.15, -0.1) is 0 Å². The second-order valence-electron chi connectivity index (χ2n) is 4.75. The molecule has 20 heavy (non-hydrogen) atoms. The van der Waals surface area contributed by atoms with Crippen molar-refractivity contribution in [3.8, 4) is 5.88 Å². The molecule has 0 bridgehead atoms. The van der Waals surface area contributed by atoms with Gasteiger partial charge in [0, 0.05) is 18.7 Å².